The van der Waals surface area contributed by atoms with Crippen molar-refractivity contribution in [1.82, 2.24) is 5.32 Å². The Balaban J connectivity index is 2.13. The molecule has 1 saturated heterocycles. The van der Waals surface area contributed by atoms with Crippen LogP contribution in [0.2, 0.25) is 0 Å². The van der Waals surface area contributed by atoms with Crippen LogP contribution in [0.25, 0.3) is 0 Å². The van der Waals surface area contributed by atoms with Gasteiger partial charge in [-0.25, -0.2) is 0 Å². The van der Waals surface area contributed by atoms with E-state index in [-0.39, 0.29) is 0 Å². The molecular formula is C16H24BrN3O. The zero-order valence-electron chi connectivity index (χ0n) is 12.6. The minimum absolute atomic E-state index is 0.396. The monoisotopic (exact) mass is 353 g/mol. The zero-order valence-corrected chi connectivity index (χ0v) is 14.2. The Bertz CT molecular complexity index is 486. The maximum Gasteiger partial charge on any atom is 0.249 e. The number of benzene rings is 1. The molecule has 1 aromatic rings. The van der Waals surface area contributed by atoms with Crippen LogP contribution in [0.15, 0.2) is 22.7 Å². The lowest BCUT2D eigenvalue weighted by Gasteiger charge is -2.31. The van der Waals surface area contributed by atoms with Gasteiger partial charge in [-0.1, -0.05) is 6.92 Å². The Morgan fingerprint density at radius 1 is 1.52 bits per heavy atom. The number of primary amides is 1. The normalized spacial score (nSPS) is 18.5. The van der Waals surface area contributed by atoms with E-state index in [1.807, 2.05) is 18.2 Å². The third-order valence-corrected chi connectivity index (χ3v) is 4.61. The molecule has 1 heterocycles. The van der Waals surface area contributed by atoms with Gasteiger partial charge < -0.3 is 16.0 Å². The van der Waals surface area contributed by atoms with E-state index >= 15 is 0 Å². The van der Waals surface area contributed by atoms with Crippen molar-refractivity contribution < 1.29 is 4.79 Å². The quantitative estimate of drug-likeness (QED) is 0.826. The fraction of sp³-hybridized carbons (Fsp3) is 0.562. The van der Waals surface area contributed by atoms with Gasteiger partial charge in [-0.2, -0.15) is 0 Å². The summed E-state index contributed by atoms with van der Waals surface area (Å²) in [7, 11) is 0. The second kappa shape index (κ2) is 7.80. The minimum atomic E-state index is -0.396. The largest absolute Gasteiger partial charge is 0.371 e. The summed E-state index contributed by atoms with van der Waals surface area (Å²) in [5.74, 6) is 0.298. The van der Waals surface area contributed by atoms with Crippen LogP contribution in [0.1, 0.15) is 36.5 Å². The van der Waals surface area contributed by atoms with Gasteiger partial charge in [-0.15, -0.1) is 0 Å². The summed E-state index contributed by atoms with van der Waals surface area (Å²) < 4.78 is 0.773. The van der Waals surface area contributed by atoms with Gasteiger partial charge in [0.15, 0.2) is 0 Å². The standard InChI is InChI=1S/C16H24BrN3O/c1-2-8-20(11-12-4-3-7-19-10-12)13-5-6-14(16(18)21)15(17)9-13/h5-6,9,12,19H,2-4,7-8,10-11H2,1H3,(H2,18,21). The topological polar surface area (TPSA) is 58.4 Å². The van der Waals surface area contributed by atoms with Crippen molar-refractivity contribution in [2.24, 2.45) is 11.7 Å². The summed E-state index contributed by atoms with van der Waals surface area (Å²) in [6, 6.07) is 5.81. The molecule has 1 fully saturated rings. The first kappa shape index (κ1) is 16.3. The van der Waals surface area contributed by atoms with Gasteiger partial charge in [-0.05, 0) is 72.4 Å². The number of hydrogen-bond donors (Lipinski definition) is 2. The molecule has 0 saturated carbocycles. The molecule has 1 amide bonds. The van der Waals surface area contributed by atoms with Crippen LogP contribution in [0.3, 0.4) is 0 Å². The Morgan fingerprint density at radius 2 is 2.33 bits per heavy atom. The molecule has 4 nitrogen and oxygen atoms in total. The number of amides is 1. The summed E-state index contributed by atoms with van der Waals surface area (Å²) in [6.07, 6.45) is 3.65. The second-order valence-corrected chi connectivity index (χ2v) is 6.54. The van der Waals surface area contributed by atoms with Crippen LogP contribution in [0.5, 0.6) is 0 Å². The van der Waals surface area contributed by atoms with E-state index in [2.05, 4.69) is 33.1 Å². The van der Waals surface area contributed by atoms with Crippen molar-refractivity contribution in [3.63, 3.8) is 0 Å². The highest BCUT2D eigenvalue weighted by molar-refractivity contribution is 9.10. The van der Waals surface area contributed by atoms with Crippen LogP contribution >= 0.6 is 15.9 Å². The van der Waals surface area contributed by atoms with Crippen molar-refractivity contribution in [3.05, 3.63) is 28.2 Å². The highest BCUT2D eigenvalue weighted by atomic mass is 79.9. The van der Waals surface area contributed by atoms with Crippen molar-refractivity contribution in [2.45, 2.75) is 26.2 Å². The number of halogens is 1. The molecule has 1 aliphatic heterocycles. The number of rotatable bonds is 6. The Labute approximate surface area is 135 Å². The molecule has 116 valence electrons. The number of piperidine rings is 1. The van der Waals surface area contributed by atoms with E-state index in [0.717, 1.165) is 42.8 Å². The average molecular weight is 354 g/mol. The van der Waals surface area contributed by atoms with E-state index in [4.69, 9.17) is 5.73 Å². The van der Waals surface area contributed by atoms with Gasteiger partial charge in [0, 0.05) is 23.2 Å². The fourth-order valence-corrected chi connectivity index (χ4v) is 3.45. The summed E-state index contributed by atoms with van der Waals surface area (Å²) >= 11 is 3.45. The predicted octanol–water partition coefficient (Wildman–Crippen LogP) is 2.76. The number of carbonyl (C=O) groups is 1. The molecule has 1 unspecified atom stereocenters. The Kier molecular flexibility index (Phi) is 6.06. The van der Waals surface area contributed by atoms with Crippen LogP contribution in [0, 0.1) is 5.92 Å². The second-order valence-electron chi connectivity index (χ2n) is 5.69. The Morgan fingerprint density at radius 3 is 2.90 bits per heavy atom. The van der Waals surface area contributed by atoms with E-state index < -0.39 is 5.91 Å². The van der Waals surface area contributed by atoms with Crippen molar-refractivity contribution in [2.75, 3.05) is 31.1 Å². The van der Waals surface area contributed by atoms with Gasteiger partial charge in [-0.3, -0.25) is 4.79 Å². The molecule has 0 radical (unpaired) electrons. The number of carbonyl (C=O) groups excluding carboxylic acids is 1. The lowest BCUT2D eigenvalue weighted by atomic mass is 9.98. The number of nitrogens with one attached hydrogen (secondary N) is 1. The molecule has 3 N–H and O–H groups in total. The summed E-state index contributed by atoms with van der Waals surface area (Å²) in [6.45, 7) is 6.52. The lowest BCUT2D eigenvalue weighted by molar-refractivity contribution is 0.0999. The molecule has 5 heteroatoms. The van der Waals surface area contributed by atoms with Gasteiger partial charge >= 0.3 is 0 Å². The highest BCUT2D eigenvalue weighted by Crippen LogP contribution is 2.25. The smallest absolute Gasteiger partial charge is 0.249 e. The van der Waals surface area contributed by atoms with E-state index in [9.17, 15) is 4.79 Å². The van der Waals surface area contributed by atoms with E-state index in [1.54, 1.807) is 0 Å². The van der Waals surface area contributed by atoms with Crippen LogP contribution < -0.4 is 16.0 Å². The number of nitrogens with two attached hydrogens (primary N) is 1. The first-order chi connectivity index (χ1) is 10.1. The first-order valence-electron chi connectivity index (χ1n) is 7.66. The molecule has 0 aromatic heterocycles. The summed E-state index contributed by atoms with van der Waals surface area (Å²) in [5.41, 5.74) is 7.05. The van der Waals surface area contributed by atoms with Crippen LogP contribution in [-0.2, 0) is 0 Å². The molecule has 0 bridgehead atoms. The van der Waals surface area contributed by atoms with Gasteiger partial charge in [0.2, 0.25) is 5.91 Å². The van der Waals surface area contributed by atoms with Gasteiger partial charge in [0.05, 0.1) is 5.56 Å². The molecule has 1 aromatic carbocycles. The van der Waals surface area contributed by atoms with Crippen LogP contribution in [-0.4, -0.2) is 32.1 Å². The van der Waals surface area contributed by atoms with Gasteiger partial charge in [0.25, 0.3) is 0 Å². The van der Waals surface area contributed by atoms with Crippen LogP contribution in [0.4, 0.5) is 5.69 Å². The number of nitrogens with zero attached hydrogens (tertiary/aromatic N) is 1. The maximum atomic E-state index is 11.3. The van der Waals surface area contributed by atoms with Crippen molar-refractivity contribution >= 4 is 27.5 Å². The summed E-state index contributed by atoms with van der Waals surface area (Å²) in [5, 5.41) is 3.47. The number of hydrogen-bond acceptors (Lipinski definition) is 3. The molecule has 0 spiro atoms. The molecular weight excluding hydrogens is 330 g/mol. The van der Waals surface area contributed by atoms with E-state index in [1.165, 1.54) is 12.8 Å². The highest BCUT2D eigenvalue weighted by Gasteiger charge is 2.18. The molecule has 0 aliphatic carbocycles. The predicted molar refractivity (Wildman–Crippen MR) is 90.8 cm³/mol. The third-order valence-electron chi connectivity index (χ3n) is 3.95. The van der Waals surface area contributed by atoms with Gasteiger partial charge in [0.1, 0.15) is 0 Å². The summed E-state index contributed by atoms with van der Waals surface area (Å²) in [4.78, 5) is 13.7. The van der Waals surface area contributed by atoms with Crippen molar-refractivity contribution in [1.29, 1.82) is 0 Å². The molecule has 1 aliphatic rings. The zero-order chi connectivity index (χ0) is 15.2. The third kappa shape index (κ3) is 4.45. The van der Waals surface area contributed by atoms with E-state index in [0.29, 0.717) is 11.5 Å². The molecule has 1 atom stereocenters. The number of anilines is 1. The SMILES string of the molecule is CCCN(CC1CCCNC1)c1ccc(C(N)=O)c(Br)c1. The van der Waals surface area contributed by atoms with Crippen molar-refractivity contribution in [3.8, 4) is 0 Å². The minimum Gasteiger partial charge on any atom is -0.371 e. The molecule has 21 heavy (non-hydrogen) atoms. The Hall–Kier alpha value is -1.07. The first-order valence-corrected chi connectivity index (χ1v) is 8.46. The molecule has 2 rings (SSSR count). The lowest BCUT2D eigenvalue weighted by Crippen LogP contribution is -2.38. The average Bonchev–Trinajstić information content (AvgIpc) is 2.47. The maximum absolute atomic E-state index is 11.3. The fourth-order valence-electron chi connectivity index (χ4n) is 2.89.